The first-order valence-electron chi connectivity index (χ1n) is 9.91. The van der Waals surface area contributed by atoms with Gasteiger partial charge in [-0.25, -0.2) is 0 Å². The van der Waals surface area contributed by atoms with Crippen LogP contribution in [0.2, 0.25) is 0 Å². The van der Waals surface area contributed by atoms with Gasteiger partial charge >= 0.3 is 0 Å². The molecule has 3 rings (SSSR count). The molecular formula is C20H30N4O4S. The Hall–Kier alpha value is -1.97. The Bertz CT molecular complexity index is 844. The third kappa shape index (κ3) is 4.46. The highest BCUT2D eigenvalue weighted by Crippen LogP contribution is 2.48. The molecule has 0 saturated heterocycles. The molecule has 0 spiro atoms. The summed E-state index contributed by atoms with van der Waals surface area (Å²) in [7, 11) is 0. The summed E-state index contributed by atoms with van der Waals surface area (Å²) in [5.41, 5.74) is 9.24. The largest absolute Gasteiger partial charge is 0.382 e. The second-order valence-electron chi connectivity index (χ2n) is 8.52. The van der Waals surface area contributed by atoms with Gasteiger partial charge < -0.3 is 25.9 Å². The molecule has 0 fully saturated rings. The van der Waals surface area contributed by atoms with Gasteiger partial charge in [-0.1, -0.05) is 0 Å². The summed E-state index contributed by atoms with van der Waals surface area (Å²) in [6.45, 7) is 11.6. The van der Waals surface area contributed by atoms with Crippen LogP contribution in [0.4, 0.5) is 5.00 Å². The molecule has 9 heteroatoms. The predicted molar refractivity (Wildman–Crippen MR) is 113 cm³/mol. The van der Waals surface area contributed by atoms with Crippen LogP contribution >= 0.6 is 11.3 Å². The summed E-state index contributed by atoms with van der Waals surface area (Å²) in [5.74, 6) is -0.909. The van der Waals surface area contributed by atoms with Crippen molar-refractivity contribution in [2.75, 3.05) is 25.1 Å². The average Bonchev–Trinajstić information content (AvgIpc) is 3.18. The number of nitrogens with two attached hydrogens (primary N) is 1. The average molecular weight is 423 g/mol. The van der Waals surface area contributed by atoms with Crippen molar-refractivity contribution in [3.8, 4) is 0 Å². The Labute approximate surface area is 175 Å². The Kier molecular flexibility index (Phi) is 6.03. The highest BCUT2D eigenvalue weighted by atomic mass is 32.1. The van der Waals surface area contributed by atoms with Crippen LogP contribution in [0.1, 0.15) is 61.8 Å². The van der Waals surface area contributed by atoms with E-state index in [1.54, 1.807) is 0 Å². The van der Waals surface area contributed by atoms with Crippen molar-refractivity contribution >= 4 is 33.9 Å². The normalized spacial score (nSPS) is 21.8. The first kappa shape index (κ1) is 21.7. The number of hydrogen-bond acceptors (Lipinski definition) is 7. The highest BCUT2D eigenvalue weighted by Gasteiger charge is 2.43. The summed E-state index contributed by atoms with van der Waals surface area (Å²) in [4.78, 5) is 26.1. The molecule has 0 radical (unpaired) electrons. The molecule has 1 atom stereocenters. The molecular weight excluding hydrogens is 392 g/mol. The molecule has 0 aliphatic carbocycles. The number of rotatable bonds is 7. The number of carbonyl (C=O) groups excluding carboxylic acids is 2. The molecule has 0 bridgehead atoms. The standard InChI is InChI=1S/C20H30N4O4S/c1-6-27-8-7-11-10-22-24-14(11)17(26)23-18-13(16(21)25)12-9-19(2,3)28-20(4,5)15(12)29-18/h11,22H,6-10H2,1-5H3,(H2,21,25)(H,23,26). The van der Waals surface area contributed by atoms with E-state index in [-0.39, 0.29) is 11.8 Å². The lowest BCUT2D eigenvalue weighted by Crippen LogP contribution is -2.42. The van der Waals surface area contributed by atoms with E-state index < -0.39 is 17.1 Å². The maximum absolute atomic E-state index is 12.9. The number of anilines is 1. The summed E-state index contributed by atoms with van der Waals surface area (Å²) in [6, 6.07) is 0. The van der Waals surface area contributed by atoms with Crippen LogP contribution in [0, 0.1) is 5.92 Å². The number of primary amides is 1. The van der Waals surface area contributed by atoms with E-state index in [2.05, 4.69) is 15.8 Å². The molecule has 0 aromatic carbocycles. The number of nitrogens with zero attached hydrogens (tertiary/aromatic N) is 1. The van der Waals surface area contributed by atoms with Crippen LogP contribution in [0.25, 0.3) is 0 Å². The molecule has 1 aromatic heterocycles. The Balaban J connectivity index is 1.87. The number of thiophene rings is 1. The monoisotopic (exact) mass is 422 g/mol. The summed E-state index contributed by atoms with van der Waals surface area (Å²) in [5, 5.41) is 7.51. The molecule has 2 aliphatic rings. The molecule has 160 valence electrons. The molecule has 29 heavy (non-hydrogen) atoms. The molecule has 1 aromatic rings. The summed E-state index contributed by atoms with van der Waals surface area (Å²) >= 11 is 1.35. The van der Waals surface area contributed by atoms with Crippen LogP contribution in [-0.4, -0.2) is 42.9 Å². The van der Waals surface area contributed by atoms with Gasteiger partial charge in [0.25, 0.3) is 11.8 Å². The van der Waals surface area contributed by atoms with E-state index in [0.717, 1.165) is 10.4 Å². The lowest BCUT2D eigenvalue weighted by atomic mass is 9.86. The zero-order valence-electron chi connectivity index (χ0n) is 17.7. The van der Waals surface area contributed by atoms with Crippen molar-refractivity contribution in [3.63, 3.8) is 0 Å². The maximum Gasteiger partial charge on any atom is 0.272 e. The fourth-order valence-corrected chi connectivity index (χ4v) is 5.37. The second-order valence-corrected chi connectivity index (χ2v) is 9.54. The third-order valence-corrected chi connectivity index (χ3v) is 6.59. The minimum absolute atomic E-state index is 0.0353. The predicted octanol–water partition coefficient (Wildman–Crippen LogP) is 2.37. The molecule has 2 aliphatic heterocycles. The van der Waals surface area contributed by atoms with Crippen LogP contribution < -0.4 is 16.5 Å². The summed E-state index contributed by atoms with van der Waals surface area (Å²) < 4.78 is 11.6. The minimum atomic E-state index is -0.582. The molecule has 2 amide bonds. The van der Waals surface area contributed by atoms with Gasteiger partial charge in [0.1, 0.15) is 10.7 Å². The van der Waals surface area contributed by atoms with Crippen molar-refractivity contribution < 1.29 is 19.1 Å². The summed E-state index contributed by atoms with van der Waals surface area (Å²) in [6.07, 6.45) is 1.25. The molecule has 8 nitrogen and oxygen atoms in total. The number of ether oxygens (including phenoxy) is 2. The van der Waals surface area contributed by atoms with Gasteiger partial charge in [-0.2, -0.15) is 5.10 Å². The van der Waals surface area contributed by atoms with Crippen LogP contribution in [-0.2, 0) is 26.3 Å². The van der Waals surface area contributed by atoms with Gasteiger partial charge in [-0.05, 0) is 46.6 Å². The first-order chi connectivity index (χ1) is 13.6. The number of hydrogen-bond donors (Lipinski definition) is 3. The van der Waals surface area contributed by atoms with Crippen molar-refractivity contribution in [1.82, 2.24) is 5.43 Å². The quantitative estimate of drug-likeness (QED) is 0.584. The molecule has 1 unspecified atom stereocenters. The Morgan fingerprint density at radius 1 is 1.38 bits per heavy atom. The van der Waals surface area contributed by atoms with Crippen LogP contribution in [0.15, 0.2) is 5.10 Å². The Morgan fingerprint density at radius 3 is 2.76 bits per heavy atom. The number of nitrogens with one attached hydrogen (secondary N) is 2. The van der Waals surface area contributed by atoms with E-state index in [1.165, 1.54) is 11.3 Å². The number of fused-ring (bicyclic) bond motifs is 1. The zero-order chi connectivity index (χ0) is 21.4. The van der Waals surface area contributed by atoms with Gasteiger partial charge in [0.15, 0.2) is 0 Å². The van der Waals surface area contributed by atoms with Crippen molar-refractivity contribution in [2.24, 2.45) is 16.8 Å². The molecule has 0 saturated carbocycles. The second kappa shape index (κ2) is 8.04. The van der Waals surface area contributed by atoms with Gasteiger partial charge in [-0.15, -0.1) is 11.3 Å². The number of carbonyl (C=O) groups is 2. The van der Waals surface area contributed by atoms with Gasteiger partial charge in [0.2, 0.25) is 0 Å². The number of amides is 2. The molecule has 4 N–H and O–H groups in total. The fourth-order valence-electron chi connectivity index (χ4n) is 4.11. The van der Waals surface area contributed by atoms with Crippen molar-refractivity contribution in [2.45, 2.75) is 58.7 Å². The van der Waals surface area contributed by atoms with Gasteiger partial charge in [0.05, 0.1) is 16.8 Å². The van der Waals surface area contributed by atoms with E-state index in [4.69, 9.17) is 15.2 Å². The lowest BCUT2D eigenvalue weighted by molar-refractivity contribution is -0.135. The van der Waals surface area contributed by atoms with Gasteiger partial charge in [-0.3, -0.25) is 9.59 Å². The minimum Gasteiger partial charge on any atom is -0.382 e. The van der Waals surface area contributed by atoms with E-state index in [1.807, 2.05) is 34.6 Å². The van der Waals surface area contributed by atoms with Crippen molar-refractivity contribution in [3.05, 3.63) is 16.0 Å². The third-order valence-electron chi connectivity index (χ3n) is 5.13. The first-order valence-corrected chi connectivity index (χ1v) is 10.7. The van der Waals surface area contributed by atoms with Crippen LogP contribution in [0.3, 0.4) is 0 Å². The SMILES string of the molecule is CCOCCC1CNN=C1C(=O)Nc1sc2c(c1C(N)=O)CC(C)(C)OC2(C)C. The van der Waals surface area contributed by atoms with E-state index >= 15 is 0 Å². The van der Waals surface area contributed by atoms with E-state index in [9.17, 15) is 9.59 Å². The highest BCUT2D eigenvalue weighted by molar-refractivity contribution is 7.17. The topological polar surface area (TPSA) is 115 Å². The maximum atomic E-state index is 12.9. The zero-order valence-corrected chi connectivity index (χ0v) is 18.5. The van der Waals surface area contributed by atoms with Crippen molar-refractivity contribution in [1.29, 1.82) is 0 Å². The molecule has 3 heterocycles. The number of hydrazone groups is 1. The Morgan fingerprint density at radius 2 is 2.10 bits per heavy atom. The van der Waals surface area contributed by atoms with Crippen LogP contribution in [0.5, 0.6) is 0 Å². The lowest BCUT2D eigenvalue weighted by Gasteiger charge is -2.41. The van der Waals surface area contributed by atoms with E-state index in [0.29, 0.717) is 48.9 Å². The smallest absolute Gasteiger partial charge is 0.272 e. The fraction of sp³-hybridized carbons (Fsp3) is 0.650. The van der Waals surface area contributed by atoms with Gasteiger partial charge in [0, 0.05) is 37.0 Å².